The summed E-state index contributed by atoms with van der Waals surface area (Å²) in [6, 6.07) is 4.15. The molecule has 2 unspecified atom stereocenters. The lowest BCUT2D eigenvalue weighted by atomic mass is 10.1. The van der Waals surface area contributed by atoms with Gasteiger partial charge in [0.15, 0.2) is 12.0 Å². The zero-order chi connectivity index (χ0) is 16.6. The second kappa shape index (κ2) is 6.11. The van der Waals surface area contributed by atoms with Crippen LogP contribution in [-0.2, 0) is 9.53 Å². The summed E-state index contributed by atoms with van der Waals surface area (Å²) >= 11 is 0. The average molecular weight is 326 g/mol. The summed E-state index contributed by atoms with van der Waals surface area (Å²) in [7, 11) is 0. The lowest BCUT2D eigenvalue weighted by Crippen LogP contribution is -2.42. The minimum absolute atomic E-state index is 0.0407. The van der Waals surface area contributed by atoms with Gasteiger partial charge < -0.3 is 14.7 Å². The first-order valence-corrected chi connectivity index (χ1v) is 7.30. The summed E-state index contributed by atoms with van der Waals surface area (Å²) in [5, 5.41) is 9.02. The number of carbonyl (C=O) groups excluding carboxylic acids is 2. The molecule has 0 radical (unpaired) electrons. The van der Waals surface area contributed by atoms with E-state index in [2.05, 4.69) is 0 Å². The molecular weight excluding hydrogens is 310 g/mol. The largest absolute Gasteiger partial charge is 0.441 e. The van der Waals surface area contributed by atoms with Crippen molar-refractivity contribution < 1.29 is 28.2 Å². The number of anilines is 2. The Morgan fingerprint density at radius 3 is 2.70 bits per heavy atom. The fourth-order valence-electron chi connectivity index (χ4n) is 2.75. The van der Waals surface area contributed by atoms with Crippen LogP contribution in [0.2, 0.25) is 0 Å². The third-order valence-corrected chi connectivity index (χ3v) is 4.02. The topological polar surface area (TPSA) is 70.1 Å². The van der Waals surface area contributed by atoms with Crippen molar-refractivity contribution in [3.63, 3.8) is 0 Å². The summed E-state index contributed by atoms with van der Waals surface area (Å²) in [6.07, 6.45) is -2.85. The molecule has 0 spiro atoms. The molecule has 0 saturated carbocycles. The Morgan fingerprint density at radius 1 is 1.30 bits per heavy atom. The minimum atomic E-state index is -1.61. The molecule has 1 aromatic rings. The molecule has 1 N–H and O–H groups in total. The molecule has 2 aliphatic heterocycles. The van der Waals surface area contributed by atoms with E-state index < -0.39 is 30.0 Å². The summed E-state index contributed by atoms with van der Waals surface area (Å²) in [6.45, 7) is -0.0807. The van der Waals surface area contributed by atoms with Crippen molar-refractivity contribution in [3.05, 3.63) is 24.0 Å². The number of rotatable bonds is 3. The molecule has 0 aromatic heterocycles. The van der Waals surface area contributed by atoms with Gasteiger partial charge in [-0.2, -0.15) is 0 Å². The van der Waals surface area contributed by atoms with Crippen LogP contribution in [0.5, 0.6) is 0 Å². The molecule has 2 heterocycles. The zero-order valence-corrected chi connectivity index (χ0v) is 12.2. The van der Waals surface area contributed by atoms with Crippen molar-refractivity contribution in [1.82, 2.24) is 0 Å². The van der Waals surface area contributed by atoms with E-state index in [1.165, 1.54) is 28.0 Å². The van der Waals surface area contributed by atoms with E-state index in [1.54, 1.807) is 0 Å². The maximum atomic E-state index is 14.3. The van der Waals surface area contributed by atoms with Crippen molar-refractivity contribution in [2.45, 2.75) is 18.7 Å². The number of ether oxygens (including phenoxy) is 1. The maximum absolute atomic E-state index is 14.3. The first-order chi connectivity index (χ1) is 11.0. The molecule has 0 aliphatic carbocycles. The SMILES string of the molecule is O=C1CCN(c2ccc(N3CC(CO)OC3=O)cc2F)CC1F. The highest BCUT2D eigenvalue weighted by atomic mass is 19.1. The second-order valence-corrected chi connectivity index (χ2v) is 5.56. The van der Waals surface area contributed by atoms with Gasteiger partial charge in [-0.05, 0) is 18.2 Å². The first kappa shape index (κ1) is 15.7. The number of cyclic esters (lactones) is 1. The predicted molar refractivity (Wildman–Crippen MR) is 77.8 cm³/mol. The third kappa shape index (κ3) is 2.98. The van der Waals surface area contributed by atoms with Gasteiger partial charge in [0.1, 0.15) is 11.9 Å². The van der Waals surface area contributed by atoms with E-state index in [0.717, 1.165) is 0 Å². The highest BCUT2D eigenvalue weighted by Crippen LogP contribution is 2.29. The summed E-state index contributed by atoms with van der Waals surface area (Å²) in [4.78, 5) is 25.6. The van der Waals surface area contributed by atoms with Gasteiger partial charge in [0.2, 0.25) is 0 Å². The minimum Gasteiger partial charge on any atom is -0.441 e. The standard InChI is InChI=1S/C15H16F2N2O4/c16-11-5-9(19-6-10(8-20)23-15(19)22)1-2-13(11)18-4-3-14(21)12(17)7-18/h1-2,5,10,12,20H,3-4,6-8H2. The Kier molecular flexibility index (Phi) is 4.16. The van der Waals surface area contributed by atoms with Crippen LogP contribution < -0.4 is 9.80 Å². The molecule has 0 bridgehead atoms. The summed E-state index contributed by atoms with van der Waals surface area (Å²) in [5.74, 6) is -1.07. The van der Waals surface area contributed by atoms with Gasteiger partial charge in [0.25, 0.3) is 0 Å². The fourth-order valence-corrected chi connectivity index (χ4v) is 2.75. The first-order valence-electron chi connectivity index (χ1n) is 7.30. The van der Waals surface area contributed by atoms with Crippen molar-refractivity contribution in [2.75, 3.05) is 36.0 Å². The van der Waals surface area contributed by atoms with Gasteiger partial charge in [-0.3, -0.25) is 9.69 Å². The van der Waals surface area contributed by atoms with Crippen LogP contribution in [-0.4, -0.2) is 55.5 Å². The van der Waals surface area contributed by atoms with Crippen LogP contribution in [0, 0.1) is 5.82 Å². The molecule has 2 atom stereocenters. The molecule has 124 valence electrons. The van der Waals surface area contributed by atoms with Crippen LogP contribution in [0.15, 0.2) is 18.2 Å². The van der Waals surface area contributed by atoms with Crippen LogP contribution >= 0.6 is 0 Å². The van der Waals surface area contributed by atoms with E-state index >= 15 is 0 Å². The molecule has 23 heavy (non-hydrogen) atoms. The van der Waals surface area contributed by atoms with E-state index in [-0.39, 0.29) is 38.3 Å². The zero-order valence-electron chi connectivity index (χ0n) is 12.2. The monoisotopic (exact) mass is 326 g/mol. The lowest BCUT2D eigenvalue weighted by Gasteiger charge is -2.30. The molecule has 2 fully saturated rings. The number of aliphatic hydroxyl groups excluding tert-OH is 1. The van der Waals surface area contributed by atoms with E-state index in [1.807, 2.05) is 0 Å². The molecule has 1 amide bonds. The van der Waals surface area contributed by atoms with Gasteiger partial charge >= 0.3 is 6.09 Å². The van der Waals surface area contributed by atoms with Gasteiger partial charge in [0.05, 0.1) is 31.1 Å². The lowest BCUT2D eigenvalue weighted by molar-refractivity contribution is -0.124. The smallest absolute Gasteiger partial charge is 0.414 e. The van der Waals surface area contributed by atoms with E-state index in [0.29, 0.717) is 5.69 Å². The quantitative estimate of drug-likeness (QED) is 0.906. The van der Waals surface area contributed by atoms with Crippen molar-refractivity contribution >= 4 is 23.3 Å². The maximum Gasteiger partial charge on any atom is 0.414 e. The molecule has 3 rings (SSSR count). The highest BCUT2D eigenvalue weighted by Gasteiger charge is 2.33. The van der Waals surface area contributed by atoms with Crippen molar-refractivity contribution in [3.8, 4) is 0 Å². The average Bonchev–Trinajstić information content (AvgIpc) is 2.91. The number of ketones is 1. The molecule has 8 heteroatoms. The third-order valence-electron chi connectivity index (χ3n) is 4.02. The second-order valence-electron chi connectivity index (χ2n) is 5.56. The highest BCUT2D eigenvalue weighted by molar-refractivity contribution is 5.90. The molecule has 2 saturated heterocycles. The number of hydrogen-bond donors (Lipinski definition) is 1. The number of Topliss-reactive ketones (excluding diaryl/α,β-unsaturated/α-hetero) is 1. The van der Waals surface area contributed by atoms with Crippen LogP contribution in [0.1, 0.15) is 6.42 Å². The van der Waals surface area contributed by atoms with Gasteiger partial charge in [-0.1, -0.05) is 0 Å². The molecule has 6 nitrogen and oxygen atoms in total. The number of aliphatic hydroxyl groups is 1. The number of halogens is 2. The normalized spacial score (nSPS) is 25.0. The Morgan fingerprint density at radius 2 is 2.09 bits per heavy atom. The number of benzene rings is 1. The van der Waals surface area contributed by atoms with Crippen LogP contribution in [0.25, 0.3) is 0 Å². The Hall–Kier alpha value is -2.22. The molecule has 2 aliphatic rings. The van der Waals surface area contributed by atoms with Gasteiger partial charge in [-0.25, -0.2) is 13.6 Å². The fraction of sp³-hybridized carbons (Fsp3) is 0.467. The number of alkyl halides is 1. The number of hydrogen-bond acceptors (Lipinski definition) is 5. The number of piperidine rings is 1. The molecule has 1 aromatic carbocycles. The Labute approximate surface area is 131 Å². The predicted octanol–water partition coefficient (Wildman–Crippen LogP) is 1.26. The molecular formula is C15H16F2N2O4. The Bertz CT molecular complexity index is 640. The number of amides is 1. The van der Waals surface area contributed by atoms with Crippen molar-refractivity contribution in [1.29, 1.82) is 0 Å². The number of carbonyl (C=O) groups is 2. The van der Waals surface area contributed by atoms with E-state index in [9.17, 15) is 18.4 Å². The summed E-state index contributed by atoms with van der Waals surface area (Å²) in [5.41, 5.74) is 0.493. The van der Waals surface area contributed by atoms with Crippen molar-refractivity contribution in [2.24, 2.45) is 0 Å². The Balaban J connectivity index is 1.79. The van der Waals surface area contributed by atoms with Crippen LogP contribution in [0.4, 0.5) is 25.0 Å². The van der Waals surface area contributed by atoms with E-state index in [4.69, 9.17) is 9.84 Å². The number of nitrogens with zero attached hydrogens (tertiary/aromatic N) is 2. The summed E-state index contributed by atoms with van der Waals surface area (Å²) < 4.78 is 32.7. The van der Waals surface area contributed by atoms with Crippen LogP contribution in [0.3, 0.4) is 0 Å². The van der Waals surface area contributed by atoms with Gasteiger partial charge in [0, 0.05) is 13.0 Å². The van der Waals surface area contributed by atoms with Gasteiger partial charge in [-0.15, -0.1) is 0 Å².